The van der Waals surface area contributed by atoms with Gasteiger partial charge in [-0.3, -0.25) is 4.79 Å². The molecule has 0 saturated carbocycles. The van der Waals surface area contributed by atoms with Crippen molar-refractivity contribution in [1.82, 2.24) is 25.2 Å². The number of alkyl halides is 3. The molecule has 0 radical (unpaired) electrons. The molecule has 2 fully saturated rings. The van der Waals surface area contributed by atoms with E-state index in [0.29, 0.717) is 81.3 Å². The summed E-state index contributed by atoms with van der Waals surface area (Å²) < 4.78 is 63.9. The predicted molar refractivity (Wildman–Crippen MR) is 151 cm³/mol. The van der Waals surface area contributed by atoms with Crippen LogP contribution in [-0.4, -0.2) is 97.1 Å². The van der Waals surface area contributed by atoms with E-state index in [9.17, 15) is 18.0 Å². The molecule has 0 aliphatic carbocycles. The first-order chi connectivity index (χ1) is 20.8. The van der Waals surface area contributed by atoms with Gasteiger partial charge in [-0.05, 0) is 25.0 Å². The molecule has 4 N–H and O–H groups in total. The molecule has 2 aromatic heterocycles. The van der Waals surface area contributed by atoms with Crippen molar-refractivity contribution in [1.29, 1.82) is 0 Å². The molecule has 6 rings (SSSR count). The Bertz CT molecular complexity index is 1460. The van der Waals surface area contributed by atoms with Gasteiger partial charge in [0, 0.05) is 32.4 Å². The fourth-order valence-corrected chi connectivity index (χ4v) is 5.29. The third-order valence-electron chi connectivity index (χ3n) is 7.51. The van der Waals surface area contributed by atoms with E-state index in [1.54, 1.807) is 17.0 Å². The fourth-order valence-electron chi connectivity index (χ4n) is 5.29. The Morgan fingerprint density at radius 2 is 1.84 bits per heavy atom. The minimum absolute atomic E-state index is 0.0151. The Labute approximate surface area is 245 Å². The standard InChI is InChI=1S/C28H34F3N7O5/c1-2-7-38(8-6-32-17-14-41-15-17)26(39)18-3-4-20(23-22(18)42-10-11-43-23)35-27-36-24-21(19(12-33-24)28(29,30)31)25(37-27)34-16-5-9-40-13-16/h3-4,12,16-17,32H,2,5-11,13-15H2,1H3,(H3,33,34,35,36,37)/t16-/m1/s1. The van der Waals surface area contributed by atoms with Crippen molar-refractivity contribution >= 4 is 34.4 Å². The number of hydrogen-bond acceptors (Lipinski definition) is 10. The number of H-pyrrole nitrogens is 1. The topological polar surface area (TPSA) is 135 Å². The van der Waals surface area contributed by atoms with E-state index in [0.717, 1.165) is 12.6 Å². The number of ether oxygens (including phenoxy) is 4. The zero-order valence-corrected chi connectivity index (χ0v) is 23.7. The predicted octanol–water partition coefficient (Wildman–Crippen LogP) is 3.53. The van der Waals surface area contributed by atoms with Crippen molar-refractivity contribution in [2.24, 2.45) is 0 Å². The highest BCUT2D eigenvalue weighted by Gasteiger charge is 2.36. The molecule has 3 aromatic rings. The molecule has 1 amide bonds. The van der Waals surface area contributed by atoms with Crippen LogP contribution in [0.2, 0.25) is 0 Å². The van der Waals surface area contributed by atoms with E-state index in [1.165, 1.54) is 0 Å². The minimum atomic E-state index is -4.60. The molecule has 12 nitrogen and oxygen atoms in total. The number of aromatic nitrogens is 3. The van der Waals surface area contributed by atoms with E-state index in [-0.39, 0.29) is 48.0 Å². The number of benzene rings is 1. The maximum Gasteiger partial charge on any atom is 0.418 e. The SMILES string of the molecule is CCCN(CCNC1COC1)C(=O)c1ccc(Nc2nc(N[C@@H]3CCOC3)c3c(C(F)(F)F)c[nH]c3n2)c2c1OCCO2. The maximum atomic E-state index is 13.8. The van der Waals surface area contributed by atoms with Gasteiger partial charge in [0.2, 0.25) is 5.95 Å². The molecule has 0 spiro atoms. The van der Waals surface area contributed by atoms with Gasteiger partial charge in [0.1, 0.15) is 24.7 Å². The third-order valence-corrected chi connectivity index (χ3v) is 7.51. The number of nitrogens with one attached hydrogen (secondary N) is 4. The second-order valence-corrected chi connectivity index (χ2v) is 10.6. The van der Waals surface area contributed by atoms with Gasteiger partial charge in [0.25, 0.3) is 5.91 Å². The summed E-state index contributed by atoms with van der Waals surface area (Å²) >= 11 is 0. The molecule has 5 heterocycles. The molecule has 43 heavy (non-hydrogen) atoms. The number of fused-ring (bicyclic) bond motifs is 2. The third kappa shape index (κ3) is 6.28. The van der Waals surface area contributed by atoms with Gasteiger partial charge in [-0.15, -0.1) is 0 Å². The Balaban J connectivity index is 1.29. The van der Waals surface area contributed by atoms with Crippen LogP contribution in [0.4, 0.5) is 30.6 Å². The van der Waals surface area contributed by atoms with Crippen LogP contribution >= 0.6 is 0 Å². The first-order valence-corrected chi connectivity index (χ1v) is 14.4. The molecule has 2 saturated heterocycles. The average molecular weight is 606 g/mol. The number of amides is 1. The van der Waals surface area contributed by atoms with Crippen molar-refractivity contribution in [3.05, 3.63) is 29.5 Å². The first kappa shape index (κ1) is 29.3. The lowest BCUT2D eigenvalue weighted by molar-refractivity contribution is -0.136. The Hall–Kier alpha value is -3.82. The molecule has 0 unspecified atom stereocenters. The summed E-state index contributed by atoms with van der Waals surface area (Å²) in [6.45, 7) is 6.46. The van der Waals surface area contributed by atoms with Gasteiger partial charge in [-0.25, -0.2) is 0 Å². The van der Waals surface area contributed by atoms with Gasteiger partial charge < -0.3 is 44.8 Å². The number of rotatable bonds is 11. The quantitative estimate of drug-likeness (QED) is 0.257. The molecular weight excluding hydrogens is 571 g/mol. The van der Waals surface area contributed by atoms with E-state index in [1.807, 2.05) is 6.92 Å². The van der Waals surface area contributed by atoms with Crippen molar-refractivity contribution < 1.29 is 36.9 Å². The van der Waals surface area contributed by atoms with Crippen molar-refractivity contribution in [3.63, 3.8) is 0 Å². The molecule has 3 aliphatic rings. The lowest BCUT2D eigenvalue weighted by atomic mass is 10.1. The molecule has 15 heteroatoms. The smallest absolute Gasteiger partial charge is 0.418 e. The number of anilines is 3. The molecular formula is C28H34F3N7O5. The molecule has 0 bridgehead atoms. The first-order valence-electron chi connectivity index (χ1n) is 14.4. The van der Waals surface area contributed by atoms with Crippen LogP contribution in [0.15, 0.2) is 18.3 Å². The van der Waals surface area contributed by atoms with Gasteiger partial charge in [0.15, 0.2) is 11.5 Å². The Kier molecular flexibility index (Phi) is 8.45. The molecule has 1 aromatic carbocycles. The van der Waals surface area contributed by atoms with Crippen molar-refractivity contribution in [3.8, 4) is 11.5 Å². The molecule has 3 aliphatic heterocycles. The monoisotopic (exact) mass is 605 g/mol. The largest absolute Gasteiger partial charge is 0.485 e. The second kappa shape index (κ2) is 12.4. The summed E-state index contributed by atoms with van der Waals surface area (Å²) in [6.07, 6.45) is -2.29. The van der Waals surface area contributed by atoms with E-state index in [4.69, 9.17) is 18.9 Å². The minimum Gasteiger partial charge on any atom is -0.485 e. The van der Waals surface area contributed by atoms with Crippen LogP contribution in [0.5, 0.6) is 11.5 Å². The van der Waals surface area contributed by atoms with E-state index < -0.39 is 11.7 Å². The lowest BCUT2D eigenvalue weighted by Gasteiger charge is -2.30. The number of nitrogens with zero attached hydrogens (tertiary/aromatic N) is 3. The van der Waals surface area contributed by atoms with Crippen molar-refractivity contribution in [2.75, 3.05) is 69.9 Å². The number of hydrogen-bond donors (Lipinski definition) is 4. The van der Waals surface area contributed by atoms with E-state index in [2.05, 4.69) is 30.9 Å². The van der Waals surface area contributed by atoms with Crippen LogP contribution in [-0.2, 0) is 15.7 Å². The Morgan fingerprint density at radius 1 is 1.05 bits per heavy atom. The van der Waals surface area contributed by atoms with Crippen LogP contribution in [0, 0.1) is 0 Å². The summed E-state index contributed by atoms with van der Waals surface area (Å²) in [5.41, 5.74) is -0.0708. The van der Waals surface area contributed by atoms with Gasteiger partial charge in [-0.2, -0.15) is 23.1 Å². The highest BCUT2D eigenvalue weighted by Crippen LogP contribution is 2.43. The van der Waals surface area contributed by atoms with Crippen LogP contribution in [0.3, 0.4) is 0 Å². The van der Waals surface area contributed by atoms with Crippen LogP contribution in [0.1, 0.15) is 35.7 Å². The summed E-state index contributed by atoms with van der Waals surface area (Å²) in [5, 5.41) is 9.40. The molecule has 1 atom stereocenters. The summed E-state index contributed by atoms with van der Waals surface area (Å²) in [5.74, 6) is 0.494. The zero-order valence-electron chi connectivity index (χ0n) is 23.7. The lowest BCUT2D eigenvalue weighted by Crippen LogP contribution is -2.49. The average Bonchev–Trinajstić information content (AvgIpc) is 3.64. The fraction of sp³-hybridized carbons (Fsp3) is 0.536. The van der Waals surface area contributed by atoms with Crippen LogP contribution < -0.4 is 25.4 Å². The van der Waals surface area contributed by atoms with Gasteiger partial charge in [-0.1, -0.05) is 6.92 Å². The highest BCUT2D eigenvalue weighted by molar-refractivity contribution is 5.99. The maximum absolute atomic E-state index is 13.8. The number of halogens is 3. The summed E-state index contributed by atoms with van der Waals surface area (Å²) in [4.78, 5) is 26.8. The normalized spacial score (nSPS) is 18.5. The van der Waals surface area contributed by atoms with E-state index >= 15 is 0 Å². The Morgan fingerprint density at radius 3 is 2.53 bits per heavy atom. The van der Waals surface area contributed by atoms with Crippen molar-refractivity contribution in [2.45, 2.75) is 38.0 Å². The van der Waals surface area contributed by atoms with Crippen LogP contribution in [0.25, 0.3) is 11.0 Å². The highest BCUT2D eigenvalue weighted by atomic mass is 19.4. The van der Waals surface area contributed by atoms with Gasteiger partial charge in [0.05, 0.1) is 54.1 Å². The molecule has 232 valence electrons. The summed E-state index contributed by atoms with van der Waals surface area (Å²) in [6, 6.07) is 3.43. The number of carbonyl (C=O) groups is 1. The zero-order chi connectivity index (χ0) is 30.0. The second-order valence-electron chi connectivity index (χ2n) is 10.6. The number of aromatic amines is 1. The summed E-state index contributed by atoms with van der Waals surface area (Å²) in [7, 11) is 0. The number of carbonyl (C=O) groups excluding carboxylic acids is 1. The van der Waals surface area contributed by atoms with Gasteiger partial charge >= 0.3 is 6.18 Å².